The minimum absolute atomic E-state index is 0.199. The van der Waals surface area contributed by atoms with Crippen LogP contribution in [0.25, 0.3) is 0 Å². The van der Waals surface area contributed by atoms with Crippen LogP contribution in [-0.4, -0.2) is 36.2 Å². The maximum atomic E-state index is 12.2. The molecule has 0 radical (unpaired) electrons. The van der Waals surface area contributed by atoms with E-state index >= 15 is 0 Å². The molecule has 1 aliphatic heterocycles. The first kappa shape index (κ1) is 19.1. The number of likely N-dealkylation sites (tertiary alicyclic amines) is 1. The fraction of sp³-hybridized carbons (Fsp3) is 0.632. The average Bonchev–Trinajstić information content (AvgIpc) is 2.51. The normalized spacial score (nSPS) is 19.9. The van der Waals surface area contributed by atoms with Crippen molar-refractivity contribution in [1.82, 2.24) is 10.2 Å². The molecule has 1 N–H and O–H groups in total. The molecule has 1 aromatic carbocycles. The van der Waals surface area contributed by atoms with Gasteiger partial charge in [-0.15, -0.1) is 0 Å². The number of hydrogen-bond donors (Lipinski definition) is 1. The predicted molar refractivity (Wildman–Crippen MR) is 98.4 cm³/mol. The zero-order valence-corrected chi connectivity index (χ0v) is 15.9. The first-order valence-electron chi connectivity index (χ1n) is 8.71. The van der Waals surface area contributed by atoms with Gasteiger partial charge in [-0.25, -0.2) is 4.79 Å². The van der Waals surface area contributed by atoms with Gasteiger partial charge in [-0.1, -0.05) is 23.7 Å². The van der Waals surface area contributed by atoms with Crippen molar-refractivity contribution in [3.05, 3.63) is 34.9 Å². The van der Waals surface area contributed by atoms with Crippen molar-refractivity contribution < 1.29 is 9.53 Å². The molecule has 1 saturated heterocycles. The zero-order valence-electron chi connectivity index (χ0n) is 15.1. The van der Waals surface area contributed by atoms with E-state index in [1.165, 1.54) is 5.56 Å². The number of nitrogens with one attached hydrogen (secondary N) is 1. The molecule has 1 heterocycles. The zero-order chi connectivity index (χ0) is 17.7. The lowest BCUT2D eigenvalue weighted by atomic mass is 9.97. The molecule has 134 valence electrons. The Balaban J connectivity index is 1.83. The van der Waals surface area contributed by atoms with Gasteiger partial charge in [0.1, 0.15) is 5.60 Å². The van der Waals surface area contributed by atoms with Crippen LogP contribution in [-0.2, 0) is 4.74 Å². The summed E-state index contributed by atoms with van der Waals surface area (Å²) >= 11 is 6.06. The van der Waals surface area contributed by atoms with Crippen LogP contribution in [0.4, 0.5) is 4.79 Å². The first-order chi connectivity index (χ1) is 11.2. The lowest BCUT2D eigenvalue weighted by Gasteiger charge is -2.34. The standard InChI is InChI=1S/C19H29ClN2O2/c1-14(16-8-5-9-17(20)11-16)21-12-15-7-6-10-22(13-15)18(23)24-19(2,3)4/h5,8-9,11,14-15,21H,6-7,10,12-13H2,1-4H3/t14-,15?/m1/s1. The van der Waals surface area contributed by atoms with Crippen molar-refractivity contribution in [2.75, 3.05) is 19.6 Å². The molecule has 1 fully saturated rings. The molecule has 2 atom stereocenters. The Hall–Kier alpha value is -1.26. The maximum Gasteiger partial charge on any atom is 0.410 e. The van der Waals surface area contributed by atoms with Gasteiger partial charge in [-0.05, 0) is 64.2 Å². The number of carbonyl (C=O) groups is 1. The number of nitrogens with zero attached hydrogens (tertiary/aromatic N) is 1. The van der Waals surface area contributed by atoms with Crippen LogP contribution in [0.1, 0.15) is 52.1 Å². The number of piperidine rings is 1. The molecule has 0 saturated carbocycles. The average molecular weight is 353 g/mol. The first-order valence-corrected chi connectivity index (χ1v) is 9.09. The Kier molecular flexibility index (Phi) is 6.53. The molecule has 0 aromatic heterocycles. The Labute approximate surface area is 150 Å². The van der Waals surface area contributed by atoms with E-state index in [-0.39, 0.29) is 12.1 Å². The molecule has 0 spiro atoms. The van der Waals surface area contributed by atoms with Gasteiger partial charge in [0.25, 0.3) is 0 Å². The van der Waals surface area contributed by atoms with Gasteiger partial charge in [0.05, 0.1) is 0 Å². The highest BCUT2D eigenvalue weighted by Crippen LogP contribution is 2.21. The van der Waals surface area contributed by atoms with Crippen LogP contribution in [0.5, 0.6) is 0 Å². The van der Waals surface area contributed by atoms with Crippen LogP contribution in [0, 0.1) is 5.92 Å². The molecule has 1 unspecified atom stereocenters. The summed E-state index contributed by atoms with van der Waals surface area (Å²) in [6.45, 7) is 10.3. The van der Waals surface area contributed by atoms with E-state index in [0.717, 1.165) is 37.5 Å². The summed E-state index contributed by atoms with van der Waals surface area (Å²) in [5, 5.41) is 4.33. The van der Waals surface area contributed by atoms with Gasteiger partial charge in [-0.2, -0.15) is 0 Å². The SMILES string of the molecule is C[C@@H](NCC1CCCN(C(=O)OC(C)(C)C)C1)c1cccc(Cl)c1. The number of ether oxygens (including phenoxy) is 1. The fourth-order valence-corrected chi connectivity index (χ4v) is 3.16. The van der Waals surface area contributed by atoms with Crippen molar-refractivity contribution in [2.45, 2.75) is 52.2 Å². The van der Waals surface area contributed by atoms with Gasteiger partial charge in [0.15, 0.2) is 0 Å². The molecule has 0 bridgehead atoms. The van der Waals surface area contributed by atoms with Crippen molar-refractivity contribution in [1.29, 1.82) is 0 Å². The van der Waals surface area contributed by atoms with Crippen molar-refractivity contribution in [2.24, 2.45) is 5.92 Å². The Morgan fingerprint density at radius 3 is 2.88 bits per heavy atom. The third kappa shape index (κ3) is 5.99. The van der Waals surface area contributed by atoms with E-state index < -0.39 is 5.60 Å². The Morgan fingerprint density at radius 2 is 2.21 bits per heavy atom. The second-order valence-corrected chi connectivity index (χ2v) is 8.06. The van der Waals surface area contributed by atoms with E-state index in [9.17, 15) is 4.79 Å². The minimum atomic E-state index is -0.441. The topological polar surface area (TPSA) is 41.6 Å². The molecule has 0 aliphatic carbocycles. The van der Waals surface area contributed by atoms with E-state index in [1.807, 2.05) is 43.9 Å². The lowest BCUT2D eigenvalue weighted by Crippen LogP contribution is -2.45. The molecule has 24 heavy (non-hydrogen) atoms. The molecular weight excluding hydrogens is 324 g/mol. The van der Waals surface area contributed by atoms with Crippen LogP contribution >= 0.6 is 11.6 Å². The summed E-state index contributed by atoms with van der Waals surface area (Å²) in [6, 6.07) is 8.17. The van der Waals surface area contributed by atoms with E-state index in [4.69, 9.17) is 16.3 Å². The summed E-state index contributed by atoms with van der Waals surface area (Å²) in [4.78, 5) is 14.1. The third-order valence-corrected chi connectivity index (χ3v) is 4.47. The summed E-state index contributed by atoms with van der Waals surface area (Å²) in [6.07, 6.45) is 1.96. The van der Waals surface area contributed by atoms with E-state index in [1.54, 1.807) is 0 Å². The second-order valence-electron chi connectivity index (χ2n) is 7.62. The van der Waals surface area contributed by atoms with Crippen molar-refractivity contribution in [3.8, 4) is 0 Å². The van der Waals surface area contributed by atoms with Crippen LogP contribution in [0.2, 0.25) is 5.02 Å². The van der Waals surface area contributed by atoms with Crippen LogP contribution in [0.15, 0.2) is 24.3 Å². The number of halogens is 1. The summed E-state index contributed by atoms with van der Waals surface area (Å²) in [7, 11) is 0. The summed E-state index contributed by atoms with van der Waals surface area (Å²) in [5.74, 6) is 0.452. The van der Waals surface area contributed by atoms with Gasteiger partial charge in [-0.3, -0.25) is 0 Å². The molecule has 1 aliphatic rings. The minimum Gasteiger partial charge on any atom is -0.444 e. The third-order valence-electron chi connectivity index (χ3n) is 4.23. The van der Waals surface area contributed by atoms with Crippen molar-refractivity contribution >= 4 is 17.7 Å². The van der Waals surface area contributed by atoms with E-state index in [2.05, 4.69) is 18.3 Å². The van der Waals surface area contributed by atoms with Gasteiger partial charge < -0.3 is 15.0 Å². The number of benzene rings is 1. The highest BCUT2D eigenvalue weighted by atomic mass is 35.5. The molecule has 5 heteroatoms. The van der Waals surface area contributed by atoms with Gasteiger partial charge in [0, 0.05) is 30.7 Å². The second kappa shape index (κ2) is 8.21. The highest BCUT2D eigenvalue weighted by Gasteiger charge is 2.27. The molecule has 1 aromatic rings. The molecule has 4 nitrogen and oxygen atoms in total. The van der Waals surface area contributed by atoms with Crippen LogP contribution in [0.3, 0.4) is 0 Å². The maximum absolute atomic E-state index is 12.2. The predicted octanol–water partition coefficient (Wildman–Crippen LogP) is 4.64. The monoisotopic (exact) mass is 352 g/mol. The molecule has 2 rings (SSSR count). The van der Waals surface area contributed by atoms with Crippen LogP contribution < -0.4 is 5.32 Å². The number of amides is 1. The van der Waals surface area contributed by atoms with Crippen molar-refractivity contribution in [3.63, 3.8) is 0 Å². The number of rotatable bonds is 4. The fourth-order valence-electron chi connectivity index (χ4n) is 2.96. The van der Waals surface area contributed by atoms with Gasteiger partial charge >= 0.3 is 6.09 Å². The highest BCUT2D eigenvalue weighted by molar-refractivity contribution is 6.30. The quantitative estimate of drug-likeness (QED) is 0.858. The largest absolute Gasteiger partial charge is 0.444 e. The smallest absolute Gasteiger partial charge is 0.410 e. The Morgan fingerprint density at radius 1 is 1.46 bits per heavy atom. The summed E-state index contributed by atoms with van der Waals surface area (Å²) < 4.78 is 5.49. The molecular formula is C19H29ClN2O2. The summed E-state index contributed by atoms with van der Waals surface area (Å²) in [5.41, 5.74) is 0.742. The Bertz CT molecular complexity index is 557. The number of hydrogen-bond acceptors (Lipinski definition) is 3. The van der Waals surface area contributed by atoms with E-state index in [0.29, 0.717) is 5.92 Å². The van der Waals surface area contributed by atoms with Gasteiger partial charge in [0.2, 0.25) is 0 Å². The molecule has 1 amide bonds. The lowest BCUT2D eigenvalue weighted by molar-refractivity contribution is 0.0165. The number of carbonyl (C=O) groups excluding carboxylic acids is 1.